The van der Waals surface area contributed by atoms with Gasteiger partial charge in [0.15, 0.2) is 6.61 Å². The van der Waals surface area contributed by atoms with E-state index in [0.717, 1.165) is 29.7 Å². The summed E-state index contributed by atoms with van der Waals surface area (Å²) in [6.45, 7) is 4.65. The van der Waals surface area contributed by atoms with E-state index < -0.39 is 5.97 Å². The van der Waals surface area contributed by atoms with E-state index in [-0.39, 0.29) is 24.3 Å². The summed E-state index contributed by atoms with van der Waals surface area (Å²) in [6.07, 6.45) is 2.63. The first-order chi connectivity index (χ1) is 13.4. The quantitative estimate of drug-likeness (QED) is 0.754. The van der Waals surface area contributed by atoms with Crippen LogP contribution in [0.15, 0.2) is 11.4 Å². The van der Waals surface area contributed by atoms with Gasteiger partial charge in [0.1, 0.15) is 5.00 Å². The van der Waals surface area contributed by atoms with E-state index in [1.165, 1.54) is 21.8 Å². The van der Waals surface area contributed by atoms with Crippen LogP contribution in [0.2, 0.25) is 0 Å². The first-order valence-electron chi connectivity index (χ1n) is 9.35. The van der Waals surface area contributed by atoms with Gasteiger partial charge in [0.05, 0.1) is 5.56 Å². The van der Waals surface area contributed by atoms with Gasteiger partial charge in [0, 0.05) is 28.8 Å². The summed E-state index contributed by atoms with van der Waals surface area (Å²) in [6, 6.07) is 2.04. The highest BCUT2D eigenvalue weighted by Gasteiger charge is 2.32. The summed E-state index contributed by atoms with van der Waals surface area (Å²) < 4.78 is 5.33. The standard InChI is InChI=1S/C20H22N2O4S2/c1-11-12(2)28-19(21-18(24)13-3-4-13)17(11)20(25)26-10-16(23)22-7-5-15-14(9-22)6-8-27-15/h6,8,13H,3-5,7,9-10H2,1-2H3,(H,21,24). The number of amides is 2. The summed E-state index contributed by atoms with van der Waals surface area (Å²) >= 11 is 3.09. The van der Waals surface area contributed by atoms with Crippen molar-refractivity contribution in [2.45, 2.75) is 39.7 Å². The molecule has 28 heavy (non-hydrogen) atoms. The molecule has 2 amide bonds. The molecule has 148 valence electrons. The molecule has 2 aliphatic rings. The van der Waals surface area contributed by atoms with Crippen molar-refractivity contribution in [2.24, 2.45) is 5.92 Å². The third-order valence-electron chi connectivity index (χ3n) is 5.26. The van der Waals surface area contributed by atoms with Gasteiger partial charge >= 0.3 is 5.97 Å². The summed E-state index contributed by atoms with van der Waals surface area (Å²) in [4.78, 5) is 41.3. The van der Waals surface area contributed by atoms with Gasteiger partial charge in [-0.3, -0.25) is 9.59 Å². The molecule has 4 rings (SSSR count). The lowest BCUT2D eigenvalue weighted by Crippen LogP contribution is -2.38. The van der Waals surface area contributed by atoms with Gasteiger partial charge in [-0.15, -0.1) is 22.7 Å². The number of hydrogen-bond donors (Lipinski definition) is 1. The zero-order valence-electron chi connectivity index (χ0n) is 15.9. The third kappa shape index (κ3) is 3.84. The number of nitrogens with one attached hydrogen (secondary N) is 1. The Kier molecular flexibility index (Phi) is 5.25. The number of esters is 1. The maximum Gasteiger partial charge on any atom is 0.341 e. The average Bonchev–Trinajstić information content (AvgIpc) is 3.36. The van der Waals surface area contributed by atoms with Crippen molar-refractivity contribution in [3.05, 3.63) is 37.9 Å². The van der Waals surface area contributed by atoms with Crippen molar-refractivity contribution in [3.63, 3.8) is 0 Å². The second-order valence-corrected chi connectivity index (χ2v) is 9.49. The number of thiophene rings is 2. The van der Waals surface area contributed by atoms with Crippen LogP contribution in [-0.2, 0) is 27.3 Å². The zero-order valence-corrected chi connectivity index (χ0v) is 17.5. The number of nitrogens with zero attached hydrogens (tertiary/aromatic N) is 1. The number of fused-ring (bicyclic) bond motifs is 1. The molecule has 8 heteroatoms. The molecule has 0 spiro atoms. The normalized spacial score (nSPS) is 15.9. The predicted octanol–water partition coefficient (Wildman–Crippen LogP) is 3.52. The first kappa shape index (κ1) is 19.1. The van der Waals surface area contributed by atoms with E-state index in [4.69, 9.17) is 4.74 Å². The molecule has 2 aromatic rings. The Bertz CT molecular complexity index is 942. The molecular formula is C20H22N2O4S2. The molecule has 1 saturated carbocycles. The van der Waals surface area contributed by atoms with Crippen molar-refractivity contribution in [1.29, 1.82) is 0 Å². The van der Waals surface area contributed by atoms with Gasteiger partial charge in [-0.1, -0.05) is 0 Å². The maximum absolute atomic E-state index is 12.7. The Morgan fingerprint density at radius 3 is 2.82 bits per heavy atom. The summed E-state index contributed by atoms with van der Waals surface area (Å²) in [5.74, 6) is -0.756. The monoisotopic (exact) mass is 418 g/mol. The van der Waals surface area contributed by atoms with Gasteiger partial charge in [-0.25, -0.2) is 4.79 Å². The van der Waals surface area contributed by atoms with Crippen LogP contribution in [-0.4, -0.2) is 35.8 Å². The minimum atomic E-state index is -0.561. The molecule has 6 nitrogen and oxygen atoms in total. The Labute approximate surface area is 171 Å². The minimum absolute atomic E-state index is 0.0498. The molecule has 2 aromatic heterocycles. The van der Waals surface area contributed by atoms with Gasteiger partial charge < -0.3 is 15.0 Å². The van der Waals surface area contributed by atoms with Gasteiger partial charge in [0.2, 0.25) is 5.91 Å². The smallest absolute Gasteiger partial charge is 0.341 e. The van der Waals surface area contributed by atoms with Crippen molar-refractivity contribution in [3.8, 4) is 0 Å². The highest BCUT2D eigenvalue weighted by Crippen LogP contribution is 2.36. The van der Waals surface area contributed by atoms with Crippen molar-refractivity contribution in [1.82, 2.24) is 4.90 Å². The number of anilines is 1. The minimum Gasteiger partial charge on any atom is -0.452 e. The van der Waals surface area contributed by atoms with Crippen LogP contribution in [0.3, 0.4) is 0 Å². The average molecular weight is 419 g/mol. The third-order valence-corrected chi connectivity index (χ3v) is 7.41. The molecule has 0 bridgehead atoms. The summed E-state index contributed by atoms with van der Waals surface area (Å²) in [7, 11) is 0. The Morgan fingerprint density at radius 1 is 1.29 bits per heavy atom. The van der Waals surface area contributed by atoms with Crippen LogP contribution in [0.25, 0.3) is 0 Å². The van der Waals surface area contributed by atoms with Crippen molar-refractivity contribution >= 4 is 45.5 Å². The highest BCUT2D eigenvalue weighted by atomic mass is 32.1. The fourth-order valence-corrected chi connectivity index (χ4v) is 5.21. The Hall–Kier alpha value is -2.19. The van der Waals surface area contributed by atoms with E-state index in [0.29, 0.717) is 23.7 Å². The van der Waals surface area contributed by atoms with Gasteiger partial charge in [-0.2, -0.15) is 0 Å². The summed E-state index contributed by atoms with van der Waals surface area (Å²) in [5.41, 5.74) is 2.32. The molecule has 1 aliphatic carbocycles. The number of rotatable bonds is 5. The molecule has 1 aliphatic heterocycles. The lowest BCUT2D eigenvalue weighted by molar-refractivity contribution is -0.135. The predicted molar refractivity (Wildman–Crippen MR) is 109 cm³/mol. The molecule has 3 heterocycles. The SMILES string of the molecule is Cc1sc(NC(=O)C2CC2)c(C(=O)OCC(=O)N2CCc3sccc3C2)c1C. The van der Waals surface area contributed by atoms with Crippen LogP contribution in [0.4, 0.5) is 5.00 Å². The number of aryl methyl sites for hydroxylation is 1. The molecular weight excluding hydrogens is 396 g/mol. The van der Waals surface area contributed by atoms with Crippen LogP contribution < -0.4 is 5.32 Å². The largest absolute Gasteiger partial charge is 0.452 e. The van der Waals surface area contributed by atoms with E-state index in [1.807, 2.05) is 25.3 Å². The van der Waals surface area contributed by atoms with Crippen LogP contribution >= 0.6 is 22.7 Å². The molecule has 0 radical (unpaired) electrons. The topological polar surface area (TPSA) is 75.7 Å². The second-order valence-electron chi connectivity index (χ2n) is 7.26. The molecule has 0 aromatic carbocycles. The van der Waals surface area contributed by atoms with Crippen LogP contribution in [0.1, 0.15) is 44.1 Å². The number of hydrogen-bond acceptors (Lipinski definition) is 6. The molecule has 1 N–H and O–H groups in total. The Morgan fingerprint density at radius 2 is 2.07 bits per heavy atom. The first-order valence-corrected chi connectivity index (χ1v) is 11.0. The van der Waals surface area contributed by atoms with Crippen LogP contribution in [0.5, 0.6) is 0 Å². The molecule has 0 saturated heterocycles. The number of carbonyl (C=O) groups excluding carboxylic acids is 3. The molecule has 0 atom stereocenters. The molecule has 1 fully saturated rings. The second kappa shape index (κ2) is 7.67. The number of ether oxygens (including phenoxy) is 1. The Balaban J connectivity index is 1.39. The van der Waals surface area contributed by atoms with E-state index in [2.05, 4.69) is 5.32 Å². The zero-order chi connectivity index (χ0) is 19.8. The molecule has 0 unspecified atom stereocenters. The lowest BCUT2D eigenvalue weighted by atomic mass is 10.1. The van der Waals surface area contributed by atoms with E-state index >= 15 is 0 Å². The van der Waals surface area contributed by atoms with Gasteiger partial charge in [0.25, 0.3) is 5.91 Å². The lowest BCUT2D eigenvalue weighted by Gasteiger charge is -2.26. The number of carbonyl (C=O) groups is 3. The van der Waals surface area contributed by atoms with Crippen molar-refractivity contribution in [2.75, 3.05) is 18.5 Å². The maximum atomic E-state index is 12.7. The van der Waals surface area contributed by atoms with Gasteiger partial charge in [-0.05, 0) is 55.7 Å². The highest BCUT2D eigenvalue weighted by molar-refractivity contribution is 7.16. The van der Waals surface area contributed by atoms with E-state index in [1.54, 1.807) is 16.2 Å². The van der Waals surface area contributed by atoms with Crippen molar-refractivity contribution < 1.29 is 19.1 Å². The fourth-order valence-electron chi connectivity index (χ4n) is 3.27. The summed E-state index contributed by atoms with van der Waals surface area (Å²) in [5, 5.41) is 5.42. The van der Waals surface area contributed by atoms with E-state index in [9.17, 15) is 14.4 Å². The van der Waals surface area contributed by atoms with Crippen LogP contribution in [0, 0.1) is 19.8 Å². The fraction of sp³-hybridized carbons (Fsp3) is 0.450.